The predicted octanol–water partition coefficient (Wildman–Crippen LogP) is 8.82. The predicted molar refractivity (Wildman–Crippen MR) is 156 cm³/mol. The summed E-state index contributed by atoms with van der Waals surface area (Å²) in [5.41, 5.74) is 5.97. The molecule has 38 heavy (non-hydrogen) atoms. The molecule has 0 saturated carbocycles. The highest BCUT2D eigenvalue weighted by Gasteiger charge is 2.27. The molecule has 6 aromatic rings. The van der Waals surface area contributed by atoms with E-state index in [9.17, 15) is 0 Å². The summed E-state index contributed by atoms with van der Waals surface area (Å²) in [6.07, 6.45) is 3.45. The zero-order valence-electron chi connectivity index (χ0n) is 21.6. The molecular formula is C35H30N2O. The van der Waals surface area contributed by atoms with E-state index < -0.39 is 0 Å². The van der Waals surface area contributed by atoms with Crippen LogP contribution in [0.15, 0.2) is 114 Å². The van der Waals surface area contributed by atoms with Gasteiger partial charge in [0.15, 0.2) is 5.76 Å². The summed E-state index contributed by atoms with van der Waals surface area (Å²) in [6.45, 7) is 0.659. The standard InChI is InChI=1S/C35H30N2O/c1-37(23-33-36-34(25-12-4-2-5-13-25)35(38-33)26-14-6-3-7-15-26)32-18-10-17-28-30-20-19-24-11-8-9-16-27(24)29(30)21-22-31(28)32/h2-9,11-16,19-22,32H,10,17-18,23H2,1H3. The lowest BCUT2D eigenvalue weighted by atomic mass is 9.83. The molecule has 5 aromatic carbocycles. The van der Waals surface area contributed by atoms with Gasteiger partial charge < -0.3 is 4.42 Å². The Balaban J connectivity index is 1.24. The lowest BCUT2D eigenvalue weighted by Crippen LogP contribution is -2.27. The van der Waals surface area contributed by atoms with Gasteiger partial charge in [-0.25, -0.2) is 4.98 Å². The van der Waals surface area contributed by atoms with Crippen LogP contribution in [0, 0.1) is 0 Å². The van der Waals surface area contributed by atoms with Crippen molar-refractivity contribution in [2.75, 3.05) is 7.05 Å². The van der Waals surface area contributed by atoms with Crippen molar-refractivity contribution < 1.29 is 4.42 Å². The molecule has 7 rings (SSSR count). The molecule has 3 nitrogen and oxygen atoms in total. The van der Waals surface area contributed by atoms with Crippen LogP contribution < -0.4 is 0 Å². The second-order valence-corrected chi connectivity index (χ2v) is 10.4. The number of aryl methyl sites for hydroxylation is 1. The Kier molecular flexibility index (Phi) is 5.79. The van der Waals surface area contributed by atoms with Crippen LogP contribution in [0.2, 0.25) is 0 Å². The molecule has 0 aliphatic heterocycles. The fourth-order valence-electron chi connectivity index (χ4n) is 6.18. The molecule has 0 saturated heterocycles. The van der Waals surface area contributed by atoms with Crippen LogP contribution in [0.4, 0.5) is 0 Å². The van der Waals surface area contributed by atoms with Gasteiger partial charge >= 0.3 is 0 Å². The topological polar surface area (TPSA) is 29.3 Å². The molecule has 3 heteroatoms. The lowest BCUT2D eigenvalue weighted by Gasteiger charge is -2.33. The summed E-state index contributed by atoms with van der Waals surface area (Å²) in [5.74, 6) is 1.59. The maximum Gasteiger partial charge on any atom is 0.209 e. The number of hydrogen-bond acceptors (Lipinski definition) is 3. The number of hydrogen-bond donors (Lipinski definition) is 0. The molecule has 1 unspecified atom stereocenters. The number of rotatable bonds is 5. The third kappa shape index (κ3) is 4.00. The van der Waals surface area contributed by atoms with Crippen LogP contribution in [-0.2, 0) is 13.0 Å². The van der Waals surface area contributed by atoms with E-state index in [4.69, 9.17) is 9.40 Å². The normalized spacial score (nSPS) is 15.3. The summed E-state index contributed by atoms with van der Waals surface area (Å²) in [4.78, 5) is 7.44. The van der Waals surface area contributed by atoms with Crippen molar-refractivity contribution >= 4 is 21.5 Å². The van der Waals surface area contributed by atoms with Crippen LogP contribution in [0.1, 0.15) is 35.9 Å². The molecule has 1 atom stereocenters. The smallest absolute Gasteiger partial charge is 0.209 e. The van der Waals surface area contributed by atoms with E-state index in [0.29, 0.717) is 12.6 Å². The second-order valence-electron chi connectivity index (χ2n) is 10.4. The van der Waals surface area contributed by atoms with Crippen LogP contribution in [0.3, 0.4) is 0 Å². The summed E-state index contributed by atoms with van der Waals surface area (Å²) in [5, 5.41) is 5.40. The molecule has 0 fully saturated rings. The largest absolute Gasteiger partial charge is 0.439 e. The number of oxazole rings is 1. The molecule has 1 aliphatic rings. The van der Waals surface area contributed by atoms with Crippen molar-refractivity contribution in [2.24, 2.45) is 0 Å². The van der Waals surface area contributed by atoms with Crippen molar-refractivity contribution in [3.63, 3.8) is 0 Å². The zero-order chi connectivity index (χ0) is 25.5. The molecule has 1 aromatic heterocycles. The van der Waals surface area contributed by atoms with Crippen molar-refractivity contribution in [2.45, 2.75) is 31.8 Å². The quantitative estimate of drug-likeness (QED) is 0.224. The average molecular weight is 495 g/mol. The third-order valence-electron chi connectivity index (χ3n) is 8.01. The molecule has 0 amide bonds. The van der Waals surface area contributed by atoms with Gasteiger partial charge in [0.25, 0.3) is 0 Å². The maximum atomic E-state index is 6.47. The minimum atomic E-state index is 0.335. The Labute approximate surface area is 223 Å². The molecule has 1 heterocycles. The van der Waals surface area contributed by atoms with Crippen molar-refractivity contribution in [3.8, 4) is 22.6 Å². The van der Waals surface area contributed by atoms with Crippen LogP contribution in [0.5, 0.6) is 0 Å². The Morgan fingerprint density at radius 2 is 1.45 bits per heavy atom. The number of aromatic nitrogens is 1. The minimum Gasteiger partial charge on any atom is -0.439 e. The summed E-state index contributed by atoms with van der Waals surface area (Å²) in [7, 11) is 2.21. The average Bonchev–Trinajstić information content (AvgIpc) is 3.41. The Hall–Kier alpha value is -4.21. The first-order chi connectivity index (χ1) is 18.8. The number of nitrogens with zero attached hydrogens (tertiary/aromatic N) is 2. The van der Waals surface area contributed by atoms with Crippen molar-refractivity contribution in [3.05, 3.63) is 126 Å². The van der Waals surface area contributed by atoms with Gasteiger partial charge in [0.2, 0.25) is 5.89 Å². The van der Waals surface area contributed by atoms with Gasteiger partial charge in [0.1, 0.15) is 5.69 Å². The SMILES string of the molecule is CN(Cc1nc(-c2ccccc2)c(-c2ccccc2)o1)C1CCCc2c1ccc1c2ccc2ccccc21. The Bertz CT molecular complexity index is 1680. The van der Waals surface area contributed by atoms with E-state index in [1.54, 1.807) is 0 Å². The molecule has 0 radical (unpaired) electrons. The number of fused-ring (bicyclic) bond motifs is 5. The highest BCUT2D eigenvalue weighted by atomic mass is 16.4. The molecule has 0 N–H and O–H groups in total. The van der Waals surface area contributed by atoms with Gasteiger partial charge in [-0.05, 0) is 59.0 Å². The van der Waals surface area contributed by atoms with E-state index in [1.165, 1.54) is 39.1 Å². The van der Waals surface area contributed by atoms with Crippen molar-refractivity contribution in [1.29, 1.82) is 0 Å². The second kappa shape index (κ2) is 9.59. The van der Waals surface area contributed by atoms with E-state index in [0.717, 1.165) is 41.3 Å². The fourth-order valence-corrected chi connectivity index (χ4v) is 6.18. The first-order valence-electron chi connectivity index (χ1n) is 13.5. The first kappa shape index (κ1) is 22.9. The molecule has 186 valence electrons. The van der Waals surface area contributed by atoms with Crippen LogP contribution in [0.25, 0.3) is 44.1 Å². The van der Waals surface area contributed by atoms with Crippen molar-refractivity contribution in [1.82, 2.24) is 9.88 Å². The van der Waals surface area contributed by atoms with E-state index >= 15 is 0 Å². The molecule has 1 aliphatic carbocycles. The maximum absolute atomic E-state index is 6.47. The number of benzene rings is 5. The molecule has 0 bridgehead atoms. The zero-order valence-corrected chi connectivity index (χ0v) is 21.6. The molecular weight excluding hydrogens is 464 g/mol. The van der Waals surface area contributed by atoms with Crippen LogP contribution >= 0.6 is 0 Å². The first-order valence-corrected chi connectivity index (χ1v) is 13.5. The van der Waals surface area contributed by atoms with E-state index in [-0.39, 0.29) is 0 Å². The van der Waals surface area contributed by atoms with E-state index in [1.807, 2.05) is 24.3 Å². The Morgan fingerprint density at radius 1 is 0.737 bits per heavy atom. The Morgan fingerprint density at radius 3 is 2.26 bits per heavy atom. The summed E-state index contributed by atoms with van der Waals surface area (Å²) in [6, 6.07) is 39.0. The van der Waals surface area contributed by atoms with Gasteiger partial charge in [-0.3, -0.25) is 4.90 Å². The summed E-state index contributed by atoms with van der Waals surface area (Å²) >= 11 is 0. The fraction of sp³-hybridized carbons (Fsp3) is 0.171. The van der Waals surface area contributed by atoms with Crippen LogP contribution in [-0.4, -0.2) is 16.9 Å². The summed E-state index contributed by atoms with van der Waals surface area (Å²) < 4.78 is 6.47. The lowest BCUT2D eigenvalue weighted by molar-refractivity contribution is 0.195. The van der Waals surface area contributed by atoms with Gasteiger partial charge in [-0.2, -0.15) is 0 Å². The highest BCUT2D eigenvalue weighted by Crippen LogP contribution is 2.40. The third-order valence-corrected chi connectivity index (χ3v) is 8.01. The van der Waals surface area contributed by atoms with Gasteiger partial charge in [0, 0.05) is 17.2 Å². The van der Waals surface area contributed by atoms with Gasteiger partial charge in [-0.1, -0.05) is 109 Å². The van der Waals surface area contributed by atoms with E-state index in [2.05, 4.69) is 96.9 Å². The molecule has 0 spiro atoms. The van der Waals surface area contributed by atoms with Gasteiger partial charge in [-0.15, -0.1) is 0 Å². The minimum absolute atomic E-state index is 0.335. The van der Waals surface area contributed by atoms with Gasteiger partial charge in [0.05, 0.1) is 6.54 Å². The monoisotopic (exact) mass is 494 g/mol. The highest BCUT2D eigenvalue weighted by molar-refractivity contribution is 6.08.